The van der Waals surface area contributed by atoms with Crippen molar-refractivity contribution in [1.82, 2.24) is 0 Å². The molecule has 0 bridgehead atoms. The predicted octanol–water partition coefficient (Wildman–Crippen LogP) is 3.23. The van der Waals surface area contributed by atoms with Crippen molar-refractivity contribution >= 4 is 17.4 Å². The minimum Gasteiger partial charge on any atom is -0.288 e. The van der Waals surface area contributed by atoms with Crippen LogP contribution < -0.4 is 0 Å². The third kappa shape index (κ3) is 2.25. The average Bonchev–Trinajstić information content (AvgIpc) is 2.50. The zero-order valence-electron chi connectivity index (χ0n) is 7.98. The summed E-state index contributed by atoms with van der Waals surface area (Å²) in [7, 11) is 0. The van der Waals surface area contributed by atoms with Crippen LogP contribution in [0.25, 0.3) is 0 Å². The van der Waals surface area contributed by atoms with Crippen molar-refractivity contribution < 1.29 is 4.79 Å². The Hall–Kier alpha value is -1.60. The molecule has 0 fully saturated rings. The summed E-state index contributed by atoms with van der Waals surface area (Å²) in [4.78, 5) is 11.1. The molecule has 15 heavy (non-hydrogen) atoms. The van der Waals surface area contributed by atoms with E-state index in [1.165, 1.54) is 6.08 Å². The number of carbonyl (C=O) groups is 1. The first-order valence-electron chi connectivity index (χ1n) is 4.63. The highest BCUT2D eigenvalue weighted by molar-refractivity contribution is 6.44. The summed E-state index contributed by atoms with van der Waals surface area (Å²) in [6, 6.07) is 0. The Kier molecular flexibility index (Phi) is 2.84. The van der Waals surface area contributed by atoms with E-state index in [4.69, 9.17) is 11.6 Å². The molecular formula is C13H9ClO. The Morgan fingerprint density at radius 1 is 0.800 bits per heavy atom. The molecule has 0 radical (unpaired) electrons. The van der Waals surface area contributed by atoms with Crippen LogP contribution >= 0.6 is 11.6 Å². The van der Waals surface area contributed by atoms with Crippen LogP contribution in [0.4, 0.5) is 0 Å². The largest absolute Gasteiger partial charge is 0.288 e. The summed E-state index contributed by atoms with van der Waals surface area (Å²) in [6.07, 6.45) is 16.7. The van der Waals surface area contributed by atoms with Gasteiger partial charge < -0.3 is 0 Å². The van der Waals surface area contributed by atoms with Crippen LogP contribution in [-0.4, -0.2) is 5.78 Å². The first kappa shape index (κ1) is 9.94. The van der Waals surface area contributed by atoms with Crippen molar-refractivity contribution in [2.75, 3.05) is 0 Å². The van der Waals surface area contributed by atoms with Gasteiger partial charge in [-0.25, -0.2) is 0 Å². The Bertz CT molecular complexity index is 453. The summed E-state index contributed by atoms with van der Waals surface area (Å²) in [5.74, 6) is -0.138. The van der Waals surface area contributed by atoms with Gasteiger partial charge in [0.15, 0.2) is 5.78 Å². The predicted molar refractivity (Wildman–Crippen MR) is 62.5 cm³/mol. The molecule has 2 rings (SSSR count). The molecule has 0 saturated carbocycles. The standard InChI is InChI=1S/C13H9ClO/c14-12-9-11(7-8-13(12)15)10-5-3-1-2-4-6-10/h1-9H. The van der Waals surface area contributed by atoms with Crippen LogP contribution in [0.3, 0.4) is 0 Å². The number of carbonyl (C=O) groups excluding carboxylic acids is 1. The number of halogens is 1. The fourth-order valence-corrected chi connectivity index (χ4v) is 1.56. The van der Waals surface area contributed by atoms with Gasteiger partial charge in [0.05, 0.1) is 5.03 Å². The Morgan fingerprint density at radius 3 is 2.07 bits per heavy atom. The van der Waals surface area contributed by atoms with Gasteiger partial charge in [-0.05, 0) is 23.3 Å². The first-order valence-corrected chi connectivity index (χ1v) is 5.00. The highest BCUT2D eigenvalue weighted by Crippen LogP contribution is 2.21. The van der Waals surface area contributed by atoms with Gasteiger partial charge in [0, 0.05) is 0 Å². The number of ketones is 1. The lowest BCUT2D eigenvalue weighted by Crippen LogP contribution is -1.98. The highest BCUT2D eigenvalue weighted by atomic mass is 35.5. The summed E-state index contributed by atoms with van der Waals surface area (Å²) in [5, 5.41) is 0.263. The van der Waals surface area contributed by atoms with Gasteiger partial charge in [-0.15, -0.1) is 0 Å². The minimum atomic E-state index is -0.138. The van der Waals surface area contributed by atoms with E-state index < -0.39 is 0 Å². The number of hydrogen-bond donors (Lipinski definition) is 0. The number of allylic oxidation sites excluding steroid dienone is 12. The Labute approximate surface area is 93.4 Å². The molecule has 2 aliphatic rings. The molecule has 0 aromatic rings. The second-order valence-corrected chi connectivity index (χ2v) is 3.61. The third-order valence-electron chi connectivity index (χ3n) is 2.15. The monoisotopic (exact) mass is 216 g/mol. The second-order valence-electron chi connectivity index (χ2n) is 3.20. The summed E-state index contributed by atoms with van der Waals surface area (Å²) in [6.45, 7) is 0. The highest BCUT2D eigenvalue weighted by Gasteiger charge is 2.09. The molecule has 1 nitrogen and oxygen atoms in total. The van der Waals surface area contributed by atoms with Crippen molar-refractivity contribution in [3.05, 3.63) is 70.9 Å². The lowest BCUT2D eigenvalue weighted by Gasteiger charge is -2.05. The molecule has 0 saturated heterocycles. The fourth-order valence-electron chi connectivity index (χ4n) is 1.38. The second kappa shape index (κ2) is 4.28. The third-order valence-corrected chi connectivity index (χ3v) is 2.45. The quantitative estimate of drug-likeness (QED) is 0.608. The van der Waals surface area contributed by atoms with Gasteiger partial charge in [-0.3, -0.25) is 4.79 Å². The van der Waals surface area contributed by atoms with E-state index in [1.54, 1.807) is 12.2 Å². The number of rotatable bonds is 0. The van der Waals surface area contributed by atoms with Crippen molar-refractivity contribution in [2.24, 2.45) is 0 Å². The molecule has 0 heterocycles. The topological polar surface area (TPSA) is 17.1 Å². The van der Waals surface area contributed by atoms with Gasteiger partial charge in [0.25, 0.3) is 0 Å². The van der Waals surface area contributed by atoms with E-state index in [-0.39, 0.29) is 10.8 Å². The van der Waals surface area contributed by atoms with Crippen LogP contribution in [0.15, 0.2) is 70.9 Å². The zero-order valence-corrected chi connectivity index (χ0v) is 8.74. The molecule has 0 spiro atoms. The minimum absolute atomic E-state index is 0.138. The van der Waals surface area contributed by atoms with Gasteiger partial charge >= 0.3 is 0 Å². The molecule has 0 atom stereocenters. The molecule has 2 heteroatoms. The molecular weight excluding hydrogens is 208 g/mol. The van der Waals surface area contributed by atoms with Crippen molar-refractivity contribution in [3.63, 3.8) is 0 Å². The zero-order chi connectivity index (χ0) is 10.7. The maximum atomic E-state index is 11.1. The first-order chi connectivity index (χ1) is 7.27. The summed E-state index contributed by atoms with van der Waals surface area (Å²) in [5.41, 5.74) is 2.00. The van der Waals surface area contributed by atoms with Crippen molar-refractivity contribution in [1.29, 1.82) is 0 Å². The summed E-state index contributed by atoms with van der Waals surface area (Å²) >= 11 is 5.78. The van der Waals surface area contributed by atoms with Crippen LogP contribution in [0, 0.1) is 0 Å². The Morgan fingerprint density at radius 2 is 1.47 bits per heavy atom. The molecule has 0 N–H and O–H groups in total. The van der Waals surface area contributed by atoms with Crippen molar-refractivity contribution in [2.45, 2.75) is 0 Å². The van der Waals surface area contributed by atoms with Crippen LogP contribution in [0.2, 0.25) is 0 Å². The van der Waals surface area contributed by atoms with E-state index in [2.05, 4.69) is 0 Å². The smallest absolute Gasteiger partial charge is 0.197 e. The summed E-state index contributed by atoms with van der Waals surface area (Å²) < 4.78 is 0. The average molecular weight is 217 g/mol. The van der Waals surface area contributed by atoms with E-state index in [0.29, 0.717) is 0 Å². The van der Waals surface area contributed by atoms with Crippen LogP contribution in [-0.2, 0) is 4.79 Å². The van der Waals surface area contributed by atoms with E-state index >= 15 is 0 Å². The van der Waals surface area contributed by atoms with Crippen LogP contribution in [0.5, 0.6) is 0 Å². The van der Waals surface area contributed by atoms with Gasteiger partial charge in [-0.2, -0.15) is 0 Å². The molecule has 2 aliphatic carbocycles. The van der Waals surface area contributed by atoms with Crippen molar-refractivity contribution in [3.8, 4) is 0 Å². The van der Waals surface area contributed by atoms with E-state index in [9.17, 15) is 4.79 Å². The Balaban J connectivity index is 2.43. The fraction of sp³-hybridized carbons (Fsp3) is 0. The lowest BCUT2D eigenvalue weighted by molar-refractivity contribution is -0.110. The van der Waals surface area contributed by atoms with Crippen LogP contribution in [0.1, 0.15) is 0 Å². The molecule has 74 valence electrons. The molecule has 0 amide bonds. The van der Waals surface area contributed by atoms with Gasteiger partial charge in [-0.1, -0.05) is 54.1 Å². The molecule has 0 unspecified atom stereocenters. The maximum Gasteiger partial charge on any atom is 0.197 e. The van der Waals surface area contributed by atoms with Gasteiger partial charge in [0.2, 0.25) is 0 Å². The van der Waals surface area contributed by atoms with Gasteiger partial charge in [0.1, 0.15) is 0 Å². The number of hydrogen-bond acceptors (Lipinski definition) is 1. The van der Waals surface area contributed by atoms with E-state index in [1.807, 2.05) is 36.5 Å². The van der Waals surface area contributed by atoms with E-state index in [0.717, 1.165) is 11.1 Å². The molecule has 0 aliphatic heterocycles. The lowest BCUT2D eigenvalue weighted by atomic mass is 10.0. The SMILES string of the molecule is O=C1C=CC(=C2C=CC=CC=C2)C=C1Cl. The molecule has 0 aromatic heterocycles. The normalized spacial score (nSPS) is 19.5. The molecule has 0 aromatic carbocycles. The maximum absolute atomic E-state index is 11.1.